The van der Waals surface area contributed by atoms with Crippen molar-refractivity contribution in [3.8, 4) is 0 Å². The van der Waals surface area contributed by atoms with Crippen LogP contribution in [0.2, 0.25) is 22.7 Å². The van der Waals surface area contributed by atoms with Gasteiger partial charge in [-0.2, -0.15) is 0 Å². The number of hydrogen-bond donors (Lipinski definition) is 1. The summed E-state index contributed by atoms with van der Waals surface area (Å²) in [4.78, 5) is 0. The van der Waals surface area contributed by atoms with Crippen LogP contribution < -0.4 is 3.68 Å². The average molecular weight is 196 g/mol. The van der Waals surface area contributed by atoms with Gasteiger partial charge in [-0.1, -0.05) is 0 Å². The summed E-state index contributed by atoms with van der Waals surface area (Å²) in [7, 11) is 0. The van der Waals surface area contributed by atoms with Gasteiger partial charge in [-0.05, 0) is 0 Å². The summed E-state index contributed by atoms with van der Waals surface area (Å²) < 4.78 is 16.5. The van der Waals surface area contributed by atoms with Crippen molar-refractivity contribution < 1.29 is 17.6 Å². The summed E-state index contributed by atoms with van der Waals surface area (Å²) in [5.74, 6) is 0. The first-order chi connectivity index (χ1) is 3.04. The van der Waals surface area contributed by atoms with E-state index in [-0.39, 0.29) is 0 Å². The molecule has 1 nitrogen and oxygen atoms in total. The van der Waals surface area contributed by atoms with Gasteiger partial charge >= 0.3 is 50.8 Å². The van der Waals surface area contributed by atoms with Crippen LogP contribution in [0.4, 0.5) is 0 Å². The molecule has 0 heterocycles. The molecule has 0 aromatic heterocycles. The average Bonchev–Trinajstić information content (AvgIpc) is 1.30. The van der Waals surface area contributed by atoms with Crippen LogP contribution in [-0.2, 0) is 17.6 Å². The summed E-state index contributed by atoms with van der Waals surface area (Å²) in [5.41, 5.74) is 0. The summed E-state index contributed by atoms with van der Waals surface area (Å²) >= 11 is -2.88. The van der Waals surface area contributed by atoms with Gasteiger partial charge in [0.05, 0.1) is 0 Å². The standard InChI is InChI=1S/C2H5.4CH3.H2N.Zr/c1-2;;;;;;/h1H2,2H3;4*1H3;1H2;/q;;;;;-1;+1. The fourth-order valence-corrected chi connectivity index (χ4v) is 0. The van der Waals surface area contributed by atoms with Crippen molar-refractivity contribution in [2.24, 2.45) is 3.68 Å². The van der Waals surface area contributed by atoms with Crippen LogP contribution in [0.5, 0.6) is 0 Å². The van der Waals surface area contributed by atoms with Crippen molar-refractivity contribution in [1.82, 2.24) is 0 Å². The fourth-order valence-electron chi connectivity index (χ4n) is 0. The molecule has 0 aliphatic rings. The Hall–Kier alpha value is 0.843. The Kier molecular flexibility index (Phi) is 1.43. The Bertz CT molecular complexity index is 91.7. The van der Waals surface area contributed by atoms with Gasteiger partial charge in [0.25, 0.3) is 0 Å². The zero-order valence-electron chi connectivity index (χ0n) is 6.78. The zero-order valence-corrected chi connectivity index (χ0v) is 9.24. The van der Waals surface area contributed by atoms with Crippen molar-refractivity contribution in [2.75, 3.05) is 0 Å². The van der Waals surface area contributed by atoms with Crippen molar-refractivity contribution in [2.45, 2.75) is 29.6 Å². The molecule has 0 bridgehead atoms. The Balaban J connectivity index is 4.50. The summed E-state index contributed by atoms with van der Waals surface area (Å²) in [6, 6.07) is 0. The molecule has 0 saturated carbocycles. The van der Waals surface area contributed by atoms with E-state index >= 15 is 0 Å². The second-order valence-corrected chi connectivity index (χ2v) is 36.2. The SMILES string of the molecule is C[CH2][Zr]([CH3])([CH3])([CH3])([CH3])[NH2]. The van der Waals surface area contributed by atoms with Crippen molar-refractivity contribution in [3.63, 3.8) is 0 Å². The van der Waals surface area contributed by atoms with Crippen LogP contribution in [0.25, 0.3) is 0 Å². The van der Waals surface area contributed by atoms with Crippen molar-refractivity contribution in [3.05, 3.63) is 0 Å². The van der Waals surface area contributed by atoms with Crippen LogP contribution in [-0.4, -0.2) is 0 Å². The maximum atomic E-state index is 6.22. The molecule has 0 radical (unpaired) electrons. The molecule has 0 rings (SSSR count). The third-order valence-electron chi connectivity index (χ3n) is 1.62. The molecule has 0 aromatic rings. The van der Waals surface area contributed by atoms with E-state index in [1.165, 1.54) is 4.13 Å². The van der Waals surface area contributed by atoms with Gasteiger partial charge in [0.1, 0.15) is 0 Å². The molecule has 0 atom stereocenters. The Labute approximate surface area is 50.9 Å². The number of hydrogen-bond acceptors (Lipinski definition) is 1. The molecular weight excluding hydrogens is 177 g/mol. The van der Waals surface area contributed by atoms with Crippen LogP contribution >= 0.6 is 0 Å². The molecule has 8 heavy (non-hydrogen) atoms. The zero-order chi connectivity index (χ0) is 7.12. The second-order valence-electron chi connectivity index (χ2n) is 6.13. The van der Waals surface area contributed by atoms with E-state index in [1.54, 1.807) is 0 Å². The molecule has 0 spiro atoms. The first-order valence-corrected chi connectivity index (χ1v) is 16.3. The van der Waals surface area contributed by atoms with Gasteiger partial charge < -0.3 is 0 Å². The summed E-state index contributed by atoms with van der Waals surface area (Å²) in [5, 5.41) is 0. The molecule has 0 aromatic carbocycles. The monoisotopic (exact) mass is 195 g/mol. The van der Waals surface area contributed by atoms with E-state index in [2.05, 4.69) is 25.5 Å². The summed E-state index contributed by atoms with van der Waals surface area (Å²) in [6.07, 6.45) is 0. The normalized spacial score (nSPS) is 21.8. The molecule has 0 aliphatic heterocycles. The Morgan fingerprint density at radius 2 is 1.25 bits per heavy atom. The molecule has 0 aliphatic carbocycles. The molecule has 0 unspecified atom stereocenters. The van der Waals surface area contributed by atoms with Gasteiger partial charge in [0, 0.05) is 0 Å². The van der Waals surface area contributed by atoms with Gasteiger partial charge in [-0.25, -0.2) is 0 Å². The summed E-state index contributed by atoms with van der Waals surface area (Å²) in [6.45, 7) is 2.19. The van der Waals surface area contributed by atoms with Crippen LogP contribution in [0, 0.1) is 0 Å². The molecular formula is C6H19NZr. The van der Waals surface area contributed by atoms with Crippen LogP contribution in [0.15, 0.2) is 0 Å². The first-order valence-electron chi connectivity index (χ1n) is 3.35. The maximum absolute atomic E-state index is 6.22. The molecule has 0 fully saturated rings. The number of nitrogens with two attached hydrogens (primary N) is 1. The molecule has 0 amide bonds. The van der Waals surface area contributed by atoms with Gasteiger partial charge in [-0.15, -0.1) is 0 Å². The minimum absolute atomic E-state index is 1.18. The van der Waals surface area contributed by atoms with Crippen LogP contribution in [0.3, 0.4) is 0 Å². The molecule has 2 heteroatoms. The first kappa shape index (κ1) is 8.84. The van der Waals surface area contributed by atoms with E-state index in [0.717, 1.165) is 0 Å². The van der Waals surface area contributed by atoms with E-state index in [1.807, 2.05) is 0 Å². The topological polar surface area (TPSA) is 26.0 Å². The molecule has 2 N–H and O–H groups in total. The quantitative estimate of drug-likeness (QED) is 0.686. The molecule has 52 valence electrons. The second kappa shape index (κ2) is 1.29. The third-order valence-corrected chi connectivity index (χ3v) is 9.57. The van der Waals surface area contributed by atoms with Gasteiger partial charge in [0.15, 0.2) is 0 Å². The van der Waals surface area contributed by atoms with E-state index in [0.29, 0.717) is 0 Å². The fraction of sp³-hybridized carbons (Fsp3) is 1.00. The van der Waals surface area contributed by atoms with Crippen molar-refractivity contribution in [1.29, 1.82) is 0 Å². The van der Waals surface area contributed by atoms with Crippen molar-refractivity contribution >= 4 is 0 Å². The predicted molar refractivity (Wildman–Crippen MR) is 38.1 cm³/mol. The minimum atomic E-state index is -2.88. The molecule has 0 saturated heterocycles. The predicted octanol–water partition coefficient (Wildman–Crippen LogP) is 2.72. The number of rotatable bonds is 1. The van der Waals surface area contributed by atoms with E-state index in [9.17, 15) is 0 Å². The Morgan fingerprint density at radius 3 is 1.25 bits per heavy atom. The van der Waals surface area contributed by atoms with E-state index < -0.39 is 17.6 Å². The Morgan fingerprint density at radius 1 is 1.12 bits per heavy atom. The van der Waals surface area contributed by atoms with Gasteiger partial charge in [-0.3, -0.25) is 0 Å². The van der Waals surface area contributed by atoms with Gasteiger partial charge in [0.2, 0.25) is 0 Å². The van der Waals surface area contributed by atoms with E-state index in [4.69, 9.17) is 3.68 Å². The third kappa shape index (κ3) is 6.84. The van der Waals surface area contributed by atoms with Crippen LogP contribution in [0.1, 0.15) is 6.92 Å².